The molecule has 1 aromatic carbocycles. The molecule has 1 aliphatic rings. The van der Waals surface area contributed by atoms with Gasteiger partial charge in [-0.1, -0.05) is 19.1 Å². The fraction of sp³-hybridized carbons (Fsp3) is 0.533. The molecule has 1 N–H and O–H groups in total. The monoisotopic (exact) mass is 264 g/mol. The van der Waals surface area contributed by atoms with Crippen molar-refractivity contribution in [2.75, 3.05) is 18.4 Å². The van der Waals surface area contributed by atoms with E-state index in [4.69, 9.17) is 0 Å². The van der Waals surface area contributed by atoms with Crippen molar-refractivity contribution in [2.45, 2.75) is 32.7 Å². The first kappa shape index (κ1) is 14.0. The van der Waals surface area contributed by atoms with E-state index in [1.54, 1.807) is 18.2 Å². The Labute approximate surface area is 113 Å². The molecule has 3 nitrogen and oxygen atoms in total. The summed E-state index contributed by atoms with van der Waals surface area (Å²) in [6.07, 6.45) is 2.24. The van der Waals surface area contributed by atoms with E-state index in [0.717, 1.165) is 31.8 Å². The topological polar surface area (TPSA) is 32.3 Å². The lowest BCUT2D eigenvalue weighted by molar-refractivity contribution is -0.121. The highest BCUT2D eigenvalue weighted by atomic mass is 19.1. The van der Waals surface area contributed by atoms with Crippen LogP contribution in [0.3, 0.4) is 0 Å². The molecular weight excluding hydrogens is 243 g/mol. The first-order valence-electron chi connectivity index (χ1n) is 6.87. The van der Waals surface area contributed by atoms with E-state index in [9.17, 15) is 9.18 Å². The molecule has 2 rings (SSSR count). The van der Waals surface area contributed by atoms with E-state index in [-0.39, 0.29) is 17.6 Å². The molecule has 19 heavy (non-hydrogen) atoms. The average Bonchev–Trinajstić information content (AvgIpc) is 2.41. The number of anilines is 1. The molecule has 1 aromatic rings. The van der Waals surface area contributed by atoms with Crippen molar-refractivity contribution in [3.05, 3.63) is 30.1 Å². The molecule has 0 spiro atoms. The molecule has 1 saturated heterocycles. The van der Waals surface area contributed by atoms with Crippen LogP contribution in [0.4, 0.5) is 10.1 Å². The number of carbonyl (C=O) groups is 1. The predicted molar refractivity (Wildman–Crippen MR) is 74.5 cm³/mol. The van der Waals surface area contributed by atoms with Crippen molar-refractivity contribution in [1.29, 1.82) is 0 Å². The molecule has 0 aliphatic carbocycles. The van der Waals surface area contributed by atoms with Crippen molar-refractivity contribution < 1.29 is 9.18 Å². The fourth-order valence-corrected chi connectivity index (χ4v) is 2.38. The lowest BCUT2D eigenvalue weighted by Gasteiger charge is -2.34. The number of hydrogen-bond donors (Lipinski definition) is 1. The maximum Gasteiger partial charge on any atom is 0.241 e. The molecule has 4 heteroatoms. The molecule has 0 radical (unpaired) electrons. The summed E-state index contributed by atoms with van der Waals surface area (Å²) < 4.78 is 13.5. The number of nitrogens with one attached hydrogen (secondary N) is 1. The first-order valence-corrected chi connectivity index (χ1v) is 6.87. The zero-order chi connectivity index (χ0) is 13.8. The third kappa shape index (κ3) is 3.53. The normalized spacial score (nSPS) is 19.1. The van der Waals surface area contributed by atoms with Gasteiger partial charge in [0.25, 0.3) is 0 Å². The van der Waals surface area contributed by atoms with Crippen molar-refractivity contribution in [1.82, 2.24) is 4.90 Å². The second kappa shape index (κ2) is 6.15. The summed E-state index contributed by atoms with van der Waals surface area (Å²) in [4.78, 5) is 14.3. The van der Waals surface area contributed by atoms with Gasteiger partial charge in [0.2, 0.25) is 5.91 Å². The Bertz CT molecular complexity index is 442. The van der Waals surface area contributed by atoms with Gasteiger partial charge in [-0.2, -0.15) is 0 Å². The first-order chi connectivity index (χ1) is 9.08. The van der Waals surface area contributed by atoms with E-state index in [1.165, 1.54) is 6.07 Å². The zero-order valence-corrected chi connectivity index (χ0v) is 11.5. The van der Waals surface area contributed by atoms with E-state index in [1.807, 2.05) is 6.92 Å². The van der Waals surface area contributed by atoms with E-state index >= 15 is 0 Å². The van der Waals surface area contributed by atoms with Gasteiger partial charge in [0, 0.05) is 0 Å². The van der Waals surface area contributed by atoms with Gasteiger partial charge in [-0.05, 0) is 50.9 Å². The van der Waals surface area contributed by atoms with Crippen molar-refractivity contribution in [2.24, 2.45) is 5.92 Å². The molecule has 0 saturated carbocycles. The molecule has 1 amide bonds. The highest BCUT2D eigenvalue weighted by molar-refractivity contribution is 5.94. The lowest BCUT2D eigenvalue weighted by atomic mass is 9.98. The number of hydrogen-bond acceptors (Lipinski definition) is 2. The van der Waals surface area contributed by atoms with Crippen molar-refractivity contribution >= 4 is 11.6 Å². The number of rotatable bonds is 3. The summed E-state index contributed by atoms with van der Waals surface area (Å²) in [6.45, 7) is 5.99. The molecule has 0 bridgehead atoms. The average molecular weight is 264 g/mol. The Kier molecular flexibility index (Phi) is 4.53. The molecule has 0 aromatic heterocycles. The summed E-state index contributed by atoms with van der Waals surface area (Å²) in [5.41, 5.74) is 0.254. The van der Waals surface area contributed by atoms with Crippen LogP contribution in [0.25, 0.3) is 0 Å². The van der Waals surface area contributed by atoms with Crippen LogP contribution in [0.5, 0.6) is 0 Å². The fourth-order valence-electron chi connectivity index (χ4n) is 2.38. The van der Waals surface area contributed by atoms with Crippen LogP contribution in [0.2, 0.25) is 0 Å². The van der Waals surface area contributed by atoms with Gasteiger partial charge in [0.1, 0.15) is 5.82 Å². The molecular formula is C15H21FN2O. The highest BCUT2D eigenvalue weighted by Gasteiger charge is 2.25. The number of nitrogens with zero attached hydrogens (tertiary/aromatic N) is 1. The van der Waals surface area contributed by atoms with E-state index < -0.39 is 5.82 Å². The van der Waals surface area contributed by atoms with E-state index in [2.05, 4.69) is 17.1 Å². The largest absolute Gasteiger partial charge is 0.322 e. The van der Waals surface area contributed by atoms with Crippen molar-refractivity contribution in [3.63, 3.8) is 0 Å². The molecule has 1 atom stereocenters. The zero-order valence-electron chi connectivity index (χ0n) is 11.5. The second-order valence-electron chi connectivity index (χ2n) is 5.36. The van der Waals surface area contributed by atoms with Gasteiger partial charge < -0.3 is 5.32 Å². The van der Waals surface area contributed by atoms with Crippen LogP contribution in [0.1, 0.15) is 26.7 Å². The third-order valence-corrected chi connectivity index (χ3v) is 3.88. The minimum absolute atomic E-state index is 0.139. The maximum atomic E-state index is 13.5. The summed E-state index contributed by atoms with van der Waals surface area (Å²) in [6, 6.07) is 6.04. The third-order valence-electron chi connectivity index (χ3n) is 3.88. The Morgan fingerprint density at radius 3 is 2.63 bits per heavy atom. The van der Waals surface area contributed by atoms with Crippen LogP contribution in [-0.4, -0.2) is 29.9 Å². The van der Waals surface area contributed by atoms with Crippen LogP contribution in [0, 0.1) is 11.7 Å². The Hall–Kier alpha value is -1.42. The highest BCUT2D eigenvalue weighted by Crippen LogP contribution is 2.19. The standard InChI is InChI=1S/C15H21FN2O/c1-11-7-9-18(10-8-11)12(2)15(19)17-14-6-4-3-5-13(14)16/h3-6,11-12H,7-10H2,1-2H3,(H,17,19). The van der Waals surface area contributed by atoms with E-state index in [0.29, 0.717) is 0 Å². The summed E-state index contributed by atoms with van der Waals surface area (Å²) in [5, 5.41) is 2.66. The molecule has 104 valence electrons. The van der Waals surface area contributed by atoms with Gasteiger partial charge in [0.05, 0.1) is 11.7 Å². The van der Waals surface area contributed by atoms with Gasteiger partial charge >= 0.3 is 0 Å². The summed E-state index contributed by atoms with van der Waals surface area (Å²) in [7, 11) is 0. The van der Waals surface area contributed by atoms with Gasteiger partial charge in [-0.3, -0.25) is 9.69 Å². The SMILES string of the molecule is CC1CCN(C(C)C(=O)Nc2ccccc2F)CC1. The predicted octanol–water partition coefficient (Wildman–Crippen LogP) is 2.88. The van der Waals surface area contributed by atoms with Gasteiger partial charge in [-0.15, -0.1) is 0 Å². The molecule has 1 heterocycles. The summed E-state index contributed by atoms with van der Waals surface area (Å²) in [5.74, 6) is 0.202. The van der Waals surface area contributed by atoms with Gasteiger partial charge in [0.15, 0.2) is 0 Å². The van der Waals surface area contributed by atoms with Crippen molar-refractivity contribution in [3.8, 4) is 0 Å². The quantitative estimate of drug-likeness (QED) is 0.910. The maximum absolute atomic E-state index is 13.5. The van der Waals surface area contributed by atoms with Gasteiger partial charge in [-0.25, -0.2) is 4.39 Å². The number of benzene rings is 1. The number of amides is 1. The molecule has 1 unspecified atom stereocenters. The summed E-state index contributed by atoms with van der Waals surface area (Å²) >= 11 is 0. The van der Waals surface area contributed by atoms with Crippen LogP contribution in [0.15, 0.2) is 24.3 Å². The Morgan fingerprint density at radius 2 is 2.00 bits per heavy atom. The lowest BCUT2D eigenvalue weighted by Crippen LogP contribution is -2.45. The van der Waals surface area contributed by atoms with Crippen LogP contribution >= 0.6 is 0 Å². The minimum atomic E-state index is -0.393. The number of carbonyl (C=O) groups excluding carboxylic acids is 1. The molecule has 1 fully saturated rings. The number of para-hydroxylation sites is 1. The van der Waals surface area contributed by atoms with Crippen LogP contribution < -0.4 is 5.32 Å². The Balaban J connectivity index is 1.94. The van der Waals surface area contributed by atoms with Crippen LogP contribution in [-0.2, 0) is 4.79 Å². The Morgan fingerprint density at radius 1 is 1.37 bits per heavy atom. The minimum Gasteiger partial charge on any atom is -0.322 e. The second-order valence-corrected chi connectivity index (χ2v) is 5.36. The number of piperidine rings is 1. The smallest absolute Gasteiger partial charge is 0.241 e. The molecule has 1 aliphatic heterocycles. The number of halogens is 1. The number of likely N-dealkylation sites (tertiary alicyclic amines) is 1.